The van der Waals surface area contributed by atoms with Gasteiger partial charge in [0.15, 0.2) is 5.69 Å². The highest BCUT2D eigenvalue weighted by Gasteiger charge is 2.32. The van der Waals surface area contributed by atoms with E-state index in [1.165, 1.54) is 4.90 Å². The van der Waals surface area contributed by atoms with Crippen molar-refractivity contribution in [3.8, 4) is 0 Å². The molecule has 0 unspecified atom stereocenters. The maximum Gasteiger partial charge on any atom is 0.308 e. The van der Waals surface area contributed by atoms with Gasteiger partial charge in [-0.25, -0.2) is 0 Å². The predicted molar refractivity (Wildman–Crippen MR) is 71.1 cm³/mol. The third-order valence-corrected chi connectivity index (χ3v) is 3.52. The molecule has 110 valence electrons. The monoisotopic (exact) mass is 280 g/mol. The van der Waals surface area contributed by atoms with Gasteiger partial charge in [0.1, 0.15) is 0 Å². The molecule has 1 N–H and O–H groups in total. The van der Waals surface area contributed by atoms with Crippen LogP contribution in [0.3, 0.4) is 0 Å². The molecule has 1 aliphatic rings. The molecule has 0 spiro atoms. The molecule has 7 nitrogen and oxygen atoms in total. The van der Waals surface area contributed by atoms with Crippen LogP contribution in [0.25, 0.3) is 0 Å². The Balaban J connectivity index is 1.95. The summed E-state index contributed by atoms with van der Waals surface area (Å²) in [7, 11) is 0. The van der Waals surface area contributed by atoms with Crippen LogP contribution < -0.4 is 0 Å². The summed E-state index contributed by atoms with van der Waals surface area (Å²) in [5, 5.41) is 16.8. The number of carboxylic acids is 1. The molecule has 1 aliphatic heterocycles. The fraction of sp³-hybridized carbons (Fsp3) is 0.692. The van der Waals surface area contributed by atoms with Crippen LogP contribution in [0.2, 0.25) is 0 Å². The van der Waals surface area contributed by atoms with E-state index in [4.69, 9.17) is 5.11 Å². The van der Waals surface area contributed by atoms with Crippen molar-refractivity contribution in [3.05, 3.63) is 11.9 Å². The minimum atomic E-state index is -0.846. The molecular formula is C13H20N4O3. The third-order valence-electron chi connectivity index (χ3n) is 3.52. The number of amides is 1. The van der Waals surface area contributed by atoms with Crippen LogP contribution in [0.15, 0.2) is 6.20 Å². The van der Waals surface area contributed by atoms with Crippen molar-refractivity contribution in [3.63, 3.8) is 0 Å². The average Bonchev–Trinajstić information content (AvgIpc) is 3.05. The van der Waals surface area contributed by atoms with E-state index < -0.39 is 11.9 Å². The minimum absolute atomic E-state index is 0.232. The molecule has 1 fully saturated rings. The number of carbonyl (C=O) groups is 2. The van der Waals surface area contributed by atoms with Crippen molar-refractivity contribution in [2.75, 3.05) is 13.1 Å². The van der Waals surface area contributed by atoms with Crippen molar-refractivity contribution in [1.29, 1.82) is 0 Å². The SMILES string of the molecule is CC(C)CCn1cc(C(=O)N2CC[C@@H](C(=O)O)C2)nn1. The van der Waals surface area contributed by atoms with Gasteiger partial charge in [0, 0.05) is 19.6 Å². The predicted octanol–water partition coefficient (Wildman–Crippen LogP) is 0.871. The number of hydrogen-bond donors (Lipinski definition) is 1. The van der Waals surface area contributed by atoms with Crippen molar-refractivity contribution < 1.29 is 14.7 Å². The minimum Gasteiger partial charge on any atom is -0.481 e. The van der Waals surface area contributed by atoms with Gasteiger partial charge in [-0.3, -0.25) is 14.3 Å². The summed E-state index contributed by atoms with van der Waals surface area (Å²) in [5.74, 6) is -0.978. The molecule has 1 atom stereocenters. The van der Waals surface area contributed by atoms with E-state index in [-0.39, 0.29) is 12.5 Å². The van der Waals surface area contributed by atoms with Gasteiger partial charge in [0.25, 0.3) is 5.91 Å². The van der Waals surface area contributed by atoms with Crippen LogP contribution in [-0.2, 0) is 11.3 Å². The highest BCUT2D eigenvalue weighted by atomic mass is 16.4. The lowest BCUT2D eigenvalue weighted by Gasteiger charge is -2.13. The van der Waals surface area contributed by atoms with Crippen molar-refractivity contribution in [2.45, 2.75) is 33.2 Å². The third kappa shape index (κ3) is 3.34. The lowest BCUT2D eigenvalue weighted by Crippen LogP contribution is -2.30. The Morgan fingerprint density at radius 1 is 1.50 bits per heavy atom. The van der Waals surface area contributed by atoms with Gasteiger partial charge in [0.2, 0.25) is 0 Å². The lowest BCUT2D eigenvalue weighted by molar-refractivity contribution is -0.141. The van der Waals surface area contributed by atoms with Crippen LogP contribution in [0.5, 0.6) is 0 Å². The molecule has 0 saturated carbocycles. The highest BCUT2D eigenvalue weighted by molar-refractivity contribution is 5.92. The number of likely N-dealkylation sites (tertiary alicyclic amines) is 1. The van der Waals surface area contributed by atoms with E-state index >= 15 is 0 Å². The van der Waals surface area contributed by atoms with Crippen molar-refractivity contribution in [1.82, 2.24) is 19.9 Å². The molecule has 0 aromatic carbocycles. The van der Waals surface area contributed by atoms with Gasteiger partial charge in [-0.2, -0.15) is 0 Å². The zero-order chi connectivity index (χ0) is 14.7. The first-order valence-corrected chi connectivity index (χ1v) is 6.89. The zero-order valence-electron chi connectivity index (χ0n) is 11.8. The normalized spacial score (nSPS) is 18.8. The lowest BCUT2D eigenvalue weighted by atomic mass is 10.1. The molecule has 1 aromatic heterocycles. The molecule has 1 amide bonds. The summed E-state index contributed by atoms with van der Waals surface area (Å²) < 4.78 is 1.66. The van der Waals surface area contributed by atoms with Crippen LogP contribution >= 0.6 is 0 Å². The van der Waals surface area contributed by atoms with Gasteiger partial charge in [-0.15, -0.1) is 5.10 Å². The Hall–Kier alpha value is -1.92. The number of hydrogen-bond acceptors (Lipinski definition) is 4. The Morgan fingerprint density at radius 2 is 2.25 bits per heavy atom. The van der Waals surface area contributed by atoms with Gasteiger partial charge in [-0.05, 0) is 18.8 Å². The first-order valence-electron chi connectivity index (χ1n) is 6.89. The number of aromatic nitrogens is 3. The molecule has 7 heteroatoms. The zero-order valence-corrected chi connectivity index (χ0v) is 11.8. The highest BCUT2D eigenvalue weighted by Crippen LogP contribution is 2.18. The van der Waals surface area contributed by atoms with Crippen molar-refractivity contribution in [2.24, 2.45) is 11.8 Å². The first-order chi connectivity index (χ1) is 9.47. The summed E-state index contributed by atoms with van der Waals surface area (Å²) in [6.45, 7) is 5.70. The maximum absolute atomic E-state index is 12.2. The van der Waals surface area contributed by atoms with Crippen LogP contribution in [-0.4, -0.2) is 50.0 Å². The molecule has 0 aliphatic carbocycles. The second-order valence-electron chi connectivity index (χ2n) is 5.62. The standard InChI is InChI=1S/C13H20N4O3/c1-9(2)3-6-17-8-11(14-15-17)12(18)16-5-4-10(7-16)13(19)20/h8-10H,3-7H2,1-2H3,(H,19,20)/t10-/m1/s1. The van der Waals surface area contributed by atoms with Crippen molar-refractivity contribution >= 4 is 11.9 Å². The number of nitrogens with zero attached hydrogens (tertiary/aromatic N) is 4. The van der Waals surface area contributed by atoms with E-state index in [0.717, 1.165) is 13.0 Å². The Bertz CT molecular complexity index is 498. The molecule has 0 bridgehead atoms. The van der Waals surface area contributed by atoms with E-state index in [1.807, 2.05) is 0 Å². The number of carbonyl (C=O) groups excluding carboxylic acids is 1. The van der Waals surface area contributed by atoms with E-state index in [0.29, 0.717) is 24.6 Å². The molecule has 2 rings (SSSR count). The van der Waals surface area contributed by atoms with Gasteiger partial charge in [0.05, 0.1) is 12.1 Å². The van der Waals surface area contributed by atoms with Gasteiger partial charge < -0.3 is 10.0 Å². The molecule has 20 heavy (non-hydrogen) atoms. The molecule has 2 heterocycles. The number of carboxylic acid groups (broad SMARTS) is 1. The number of aryl methyl sites for hydroxylation is 1. The Kier molecular flexibility index (Phi) is 4.36. The number of rotatable bonds is 5. The smallest absolute Gasteiger partial charge is 0.308 e. The molecular weight excluding hydrogens is 260 g/mol. The second kappa shape index (κ2) is 6.02. The van der Waals surface area contributed by atoms with Crippen LogP contribution in [0, 0.1) is 11.8 Å². The summed E-state index contributed by atoms with van der Waals surface area (Å²) in [4.78, 5) is 24.6. The topological polar surface area (TPSA) is 88.3 Å². The van der Waals surface area contributed by atoms with Gasteiger partial charge in [-0.1, -0.05) is 19.1 Å². The number of aliphatic carboxylic acids is 1. The largest absolute Gasteiger partial charge is 0.481 e. The quantitative estimate of drug-likeness (QED) is 0.864. The maximum atomic E-state index is 12.2. The van der Waals surface area contributed by atoms with E-state index in [9.17, 15) is 9.59 Å². The second-order valence-corrected chi connectivity index (χ2v) is 5.62. The summed E-state index contributed by atoms with van der Waals surface area (Å²) in [6.07, 6.45) is 3.11. The average molecular weight is 280 g/mol. The molecule has 1 saturated heterocycles. The summed E-state index contributed by atoms with van der Waals surface area (Å²) >= 11 is 0. The van der Waals surface area contributed by atoms with Crippen LogP contribution in [0.1, 0.15) is 37.2 Å². The fourth-order valence-corrected chi connectivity index (χ4v) is 2.20. The fourth-order valence-electron chi connectivity index (χ4n) is 2.20. The Labute approximate surface area is 117 Å². The van der Waals surface area contributed by atoms with Gasteiger partial charge >= 0.3 is 5.97 Å². The molecule has 0 radical (unpaired) electrons. The summed E-state index contributed by atoms with van der Waals surface area (Å²) in [6, 6.07) is 0. The van der Waals surface area contributed by atoms with E-state index in [1.54, 1.807) is 10.9 Å². The Morgan fingerprint density at radius 3 is 2.85 bits per heavy atom. The van der Waals surface area contributed by atoms with Crippen LogP contribution in [0.4, 0.5) is 0 Å². The van der Waals surface area contributed by atoms with E-state index in [2.05, 4.69) is 24.2 Å². The summed E-state index contributed by atoms with van der Waals surface area (Å²) in [5.41, 5.74) is 0.291. The molecule has 1 aromatic rings. The first kappa shape index (κ1) is 14.5.